The van der Waals surface area contributed by atoms with Crippen molar-refractivity contribution in [1.82, 2.24) is 9.66 Å². The third kappa shape index (κ3) is 5.58. The molecule has 0 saturated heterocycles. The van der Waals surface area contributed by atoms with Crippen molar-refractivity contribution in [3.63, 3.8) is 0 Å². The van der Waals surface area contributed by atoms with E-state index in [1.165, 1.54) is 10.2 Å². The van der Waals surface area contributed by atoms with Crippen LogP contribution in [0.2, 0.25) is 5.02 Å². The fourth-order valence-electron chi connectivity index (χ4n) is 4.48. The van der Waals surface area contributed by atoms with E-state index in [0.717, 1.165) is 16.5 Å². The molecular weight excluding hydrogens is 538 g/mol. The molecule has 0 saturated carbocycles. The Morgan fingerprint density at radius 1 is 0.951 bits per heavy atom. The number of aromatic nitrogens is 2. The molecule has 2 aromatic heterocycles. The lowest BCUT2D eigenvalue weighted by atomic mass is 10.2. The summed E-state index contributed by atoms with van der Waals surface area (Å²) in [5.74, 6) is 1.88. The standard InChI is InChI=1S/C33H26ClN3O4/c1-3-39-30-16-23(12-14-29(30)40-20-22-10-8-21(2)9-11-22)19-35-37-32(36-27-7-5-4-6-26(27)33(37)38)31-18-24-17-25(34)13-15-28(24)41-31/h4-19H,3,20H2,1-2H3. The number of benzene rings is 4. The third-order valence-electron chi connectivity index (χ3n) is 6.56. The van der Waals surface area contributed by atoms with Crippen LogP contribution in [0.5, 0.6) is 11.5 Å². The summed E-state index contributed by atoms with van der Waals surface area (Å²) < 4.78 is 19.2. The predicted molar refractivity (Wildman–Crippen MR) is 162 cm³/mol. The van der Waals surface area contributed by atoms with Gasteiger partial charge in [-0.1, -0.05) is 53.6 Å². The Balaban J connectivity index is 1.37. The number of aryl methyl sites for hydroxylation is 1. The van der Waals surface area contributed by atoms with Crippen molar-refractivity contribution in [3.05, 3.63) is 123 Å². The maximum Gasteiger partial charge on any atom is 0.282 e. The van der Waals surface area contributed by atoms with Gasteiger partial charge >= 0.3 is 0 Å². The minimum Gasteiger partial charge on any atom is -0.490 e. The van der Waals surface area contributed by atoms with E-state index < -0.39 is 0 Å². The average Bonchev–Trinajstić information content (AvgIpc) is 3.40. The molecule has 0 radical (unpaired) electrons. The fourth-order valence-corrected chi connectivity index (χ4v) is 4.66. The summed E-state index contributed by atoms with van der Waals surface area (Å²) in [7, 11) is 0. The number of rotatable bonds is 8. The van der Waals surface area contributed by atoms with Crippen LogP contribution < -0.4 is 15.0 Å². The normalized spacial score (nSPS) is 11.5. The minimum atomic E-state index is -0.316. The number of hydrogen-bond donors (Lipinski definition) is 0. The number of nitrogens with zero attached hydrogens (tertiary/aromatic N) is 3. The van der Waals surface area contributed by atoms with E-state index in [9.17, 15) is 4.79 Å². The molecule has 0 atom stereocenters. The zero-order chi connectivity index (χ0) is 28.3. The van der Waals surface area contributed by atoms with Gasteiger partial charge in [0.25, 0.3) is 5.56 Å². The van der Waals surface area contributed by atoms with Crippen molar-refractivity contribution < 1.29 is 13.9 Å². The number of para-hydroxylation sites is 1. The van der Waals surface area contributed by atoms with Gasteiger partial charge in [0.15, 0.2) is 17.3 Å². The Morgan fingerprint density at radius 3 is 2.61 bits per heavy atom. The van der Waals surface area contributed by atoms with Gasteiger partial charge in [0, 0.05) is 10.4 Å². The zero-order valence-corrected chi connectivity index (χ0v) is 23.3. The highest BCUT2D eigenvalue weighted by molar-refractivity contribution is 6.31. The second kappa shape index (κ2) is 11.3. The third-order valence-corrected chi connectivity index (χ3v) is 6.79. The monoisotopic (exact) mass is 563 g/mol. The van der Waals surface area contributed by atoms with Gasteiger partial charge in [-0.3, -0.25) is 4.79 Å². The molecular formula is C33H26ClN3O4. The number of furan rings is 1. The summed E-state index contributed by atoms with van der Waals surface area (Å²) in [6.45, 7) is 4.85. The zero-order valence-electron chi connectivity index (χ0n) is 22.5. The molecule has 0 aliphatic carbocycles. The lowest BCUT2D eigenvalue weighted by Crippen LogP contribution is -2.20. The second-order valence-electron chi connectivity index (χ2n) is 9.52. The number of fused-ring (bicyclic) bond motifs is 2. The van der Waals surface area contributed by atoms with Crippen molar-refractivity contribution in [2.75, 3.05) is 6.61 Å². The summed E-state index contributed by atoms with van der Waals surface area (Å²) in [5, 5.41) is 6.39. The fraction of sp³-hybridized carbons (Fsp3) is 0.121. The van der Waals surface area contributed by atoms with E-state index in [-0.39, 0.29) is 11.4 Å². The van der Waals surface area contributed by atoms with Gasteiger partial charge < -0.3 is 13.9 Å². The molecule has 6 rings (SSSR count). The second-order valence-corrected chi connectivity index (χ2v) is 9.96. The van der Waals surface area contributed by atoms with E-state index in [0.29, 0.717) is 52.0 Å². The van der Waals surface area contributed by atoms with E-state index in [1.807, 2.05) is 43.3 Å². The molecule has 0 bridgehead atoms. The Hall–Kier alpha value is -4.88. The molecule has 204 valence electrons. The molecule has 0 N–H and O–H groups in total. The van der Waals surface area contributed by atoms with Gasteiger partial charge in [0.2, 0.25) is 5.82 Å². The number of halogens is 1. The van der Waals surface area contributed by atoms with Crippen LogP contribution >= 0.6 is 11.6 Å². The Kier molecular flexibility index (Phi) is 7.27. The molecule has 6 aromatic rings. The van der Waals surface area contributed by atoms with Gasteiger partial charge in [0.1, 0.15) is 12.2 Å². The largest absolute Gasteiger partial charge is 0.490 e. The first-order valence-electron chi connectivity index (χ1n) is 13.2. The highest BCUT2D eigenvalue weighted by Crippen LogP contribution is 2.30. The summed E-state index contributed by atoms with van der Waals surface area (Å²) in [5.41, 5.74) is 3.84. The molecule has 0 aliphatic heterocycles. The van der Waals surface area contributed by atoms with Crippen molar-refractivity contribution in [2.45, 2.75) is 20.5 Å². The van der Waals surface area contributed by atoms with Crippen LogP contribution in [0.15, 0.2) is 105 Å². The molecule has 2 heterocycles. The van der Waals surface area contributed by atoms with Gasteiger partial charge in [-0.05, 0) is 79.6 Å². The Bertz CT molecular complexity index is 1960. The molecule has 0 fully saturated rings. The SMILES string of the molecule is CCOc1cc(C=Nn2c(-c3cc4cc(Cl)ccc4o3)nc3ccccc3c2=O)ccc1OCc1ccc(C)cc1. The van der Waals surface area contributed by atoms with E-state index in [4.69, 9.17) is 30.5 Å². The molecule has 0 amide bonds. The first kappa shape index (κ1) is 26.3. The number of ether oxygens (including phenoxy) is 2. The average molecular weight is 564 g/mol. The first-order valence-corrected chi connectivity index (χ1v) is 13.6. The minimum absolute atomic E-state index is 0.278. The summed E-state index contributed by atoms with van der Waals surface area (Å²) in [6, 6.07) is 28.0. The van der Waals surface area contributed by atoms with Crippen molar-refractivity contribution in [3.8, 4) is 23.1 Å². The predicted octanol–water partition coefficient (Wildman–Crippen LogP) is 7.63. The summed E-state index contributed by atoms with van der Waals surface area (Å²) in [4.78, 5) is 18.3. The lowest BCUT2D eigenvalue weighted by molar-refractivity contribution is 0.269. The molecule has 0 spiro atoms. The van der Waals surface area contributed by atoms with Crippen LogP contribution in [-0.4, -0.2) is 22.5 Å². The van der Waals surface area contributed by atoms with E-state index in [2.05, 4.69) is 24.2 Å². The highest BCUT2D eigenvalue weighted by atomic mass is 35.5. The van der Waals surface area contributed by atoms with Gasteiger partial charge in [-0.25, -0.2) is 4.98 Å². The smallest absolute Gasteiger partial charge is 0.282 e. The van der Waals surface area contributed by atoms with Crippen LogP contribution in [-0.2, 0) is 6.61 Å². The molecule has 0 unspecified atom stereocenters. The molecule has 8 heteroatoms. The summed E-state index contributed by atoms with van der Waals surface area (Å²) in [6.07, 6.45) is 1.59. The molecule has 4 aromatic carbocycles. The molecule has 0 aliphatic rings. The lowest BCUT2D eigenvalue weighted by Gasteiger charge is -2.13. The molecule has 41 heavy (non-hydrogen) atoms. The topological polar surface area (TPSA) is 78.9 Å². The maximum absolute atomic E-state index is 13.6. The Morgan fingerprint density at radius 2 is 1.78 bits per heavy atom. The first-order chi connectivity index (χ1) is 20.0. The van der Waals surface area contributed by atoms with Crippen LogP contribution in [0, 0.1) is 6.92 Å². The Labute approximate surface area is 241 Å². The maximum atomic E-state index is 13.6. The van der Waals surface area contributed by atoms with Gasteiger partial charge in [-0.2, -0.15) is 9.78 Å². The molecule has 7 nitrogen and oxygen atoms in total. The van der Waals surface area contributed by atoms with Crippen LogP contribution in [0.1, 0.15) is 23.6 Å². The highest BCUT2D eigenvalue weighted by Gasteiger charge is 2.17. The van der Waals surface area contributed by atoms with Gasteiger partial charge in [-0.15, -0.1) is 0 Å². The van der Waals surface area contributed by atoms with E-state index >= 15 is 0 Å². The summed E-state index contributed by atoms with van der Waals surface area (Å²) >= 11 is 6.17. The van der Waals surface area contributed by atoms with Crippen molar-refractivity contribution >= 4 is 39.7 Å². The van der Waals surface area contributed by atoms with Crippen molar-refractivity contribution in [2.24, 2.45) is 5.10 Å². The quantitative estimate of drug-likeness (QED) is 0.178. The van der Waals surface area contributed by atoms with Crippen LogP contribution in [0.4, 0.5) is 0 Å². The van der Waals surface area contributed by atoms with Crippen LogP contribution in [0.3, 0.4) is 0 Å². The van der Waals surface area contributed by atoms with Crippen LogP contribution in [0.25, 0.3) is 33.5 Å². The van der Waals surface area contributed by atoms with Crippen molar-refractivity contribution in [1.29, 1.82) is 0 Å². The van der Waals surface area contributed by atoms with Gasteiger partial charge in [0.05, 0.1) is 23.7 Å². The number of hydrogen-bond acceptors (Lipinski definition) is 6. The van der Waals surface area contributed by atoms with E-state index in [1.54, 1.807) is 48.7 Å².